The van der Waals surface area contributed by atoms with E-state index in [2.05, 4.69) is 31.9 Å². The van der Waals surface area contributed by atoms with Crippen molar-refractivity contribution in [2.24, 2.45) is 7.05 Å². The van der Waals surface area contributed by atoms with E-state index in [1.54, 1.807) is 6.07 Å². The molecule has 0 spiro atoms. The van der Waals surface area contributed by atoms with E-state index in [0.29, 0.717) is 11.3 Å². The van der Waals surface area contributed by atoms with E-state index in [1.807, 2.05) is 20.9 Å². The first-order valence-electron chi connectivity index (χ1n) is 8.95. The third kappa shape index (κ3) is 3.92. The van der Waals surface area contributed by atoms with Crippen LogP contribution in [0.25, 0.3) is 0 Å². The lowest BCUT2D eigenvalue weighted by Gasteiger charge is -2.31. The standard InChI is InChI=1S/C18H27N5O2/c1-5-16-20-21-17(22(16)4)11-23-8-6-14(7-9-23)19-18(24)15-10-12(2)25-13(15)3/h10,14H,5-9,11H2,1-4H3,(H,19,24). The first kappa shape index (κ1) is 17.7. The molecule has 2 aromatic rings. The highest BCUT2D eigenvalue weighted by Gasteiger charge is 2.23. The molecule has 2 aromatic heterocycles. The zero-order valence-corrected chi connectivity index (χ0v) is 15.5. The maximum atomic E-state index is 12.4. The molecule has 1 amide bonds. The Balaban J connectivity index is 1.51. The molecule has 0 aromatic carbocycles. The summed E-state index contributed by atoms with van der Waals surface area (Å²) in [4.78, 5) is 14.8. The minimum Gasteiger partial charge on any atom is -0.466 e. The largest absolute Gasteiger partial charge is 0.466 e. The van der Waals surface area contributed by atoms with Crippen LogP contribution in [0.3, 0.4) is 0 Å². The SMILES string of the molecule is CCc1nnc(CN2CCC(NC(=O)c3cc(C)oc3C)CC2)n1C. The van der Waals surface area contributed by atoms with Gasteiger partial charge >= 0.3 is 0 Å². The van der Waals surface area contributed by atoms with Gasteiger partial charge in [0.1, 0.15) is 23.2 Å². The van der Waals surface area contributed by atoms with Crippen LogP contribution in [0, 0.1) is 13.8 Å². The van der Waals surface area contributed by atoms with Crippen molar-refractivity contribution in [1.82, 2.24) is 25.0 Å². The Morgan fingerprint density at radius 2 is 1.96 bits per heavy atom. The van der Waals surface area contributed by atoms with E-state index in [9.17, 15) is 4.79 Å². The first-order chi connectivity index (χ1) is 12.0. The van der Waals surface area contributed by atoms with Crippen molar-refractivity contribution in [1.29, 1.82) is 0 Å². The second-order valence-corrected chi connectivity index (χ2v) is 6.80. The molecule has 0 saturated carbocycles. The van der Waals surface area contributed by atoms with E-state index in [-0.39, 0.29) is 11.9 Å². The number of likely N-dealkylation sites (tertiary alicyclic amines) is 1. The molecule has 0 aliphatic carbocycles. The number of aromatic nitrogens is 3. The molecule has 7 nitrogen and oxygen atoms in total. The molecule has 1 aliphatic heterocycles. The molecule has 1 N–H and O–H groups in total. The number of hydrogen-bond acceptors (Lipinski definition) is 5. The van der Waals surface area contributed by atoms with Crippen LogP contribution in [0.2, 0.25) is 0 Å². The van der Waals surface area contributed by atoms with Crippen LogP contribution in [0.15, 0.2) is 10.5 Å². The Kier molecular flexibility index (Phi) is 5.22. The van der Waals surface area contributed by atoms with Gasteiger partial charge < -0.3 is 14.3 Å². The Bertz CT molecular complexity index is 741. The molecular formula is C18H27N5O2. The second-order valence-electron chi connectivity index (χ2n) is 6.80. The summed E-state index contributed by atoms with van der Waals surface area (Å²) in [6, 6.07) is 2.02. The Hall–Kier alpha value is -2.15. The third-order valence-electron chi connectivity index (χ3n) is 4.94. The fraction of sp³-hybridized carbons (Fsp3) is 0.611. The molecule has 7 heteroatoms. The van der Waals surface area contributed by atoms with Crippen LogP contribution in [0.1, 0.15) is 53.3 Å². The molecule has 25 heavy (non-hydrogen) atoms. The Labute approximate surface area is 148 Å². The topological polar surface area (TPSA) is 76.2 Å². The molecule has 1 fully saturated rings. The van der Waals surface area contributed by atoms with Crippen molar-refractivity contribution in [2.45, 2.75) is 52.6 Å². The van der Waals surface area contributed by atoms with Crippen molar-refractivity contribution in [3.8, 4) is 0 Å². The second kappa shape index (κ2) is 7.39. The van der Waals surface area contributed by atoms with E-state index >= 15 is 0 Å². The van der Waals surface area contributed by atoms with Gasteiger partial charge in [0, 0.05) is 32.6 Å². The fourth-order valence-electron chi connectivity index (χ4n) is 3.40. The summed E-state index contributed by atoms with van der Waals surface area (Å²) in [6.45, 7) is 8.48. The summed E-state index contributed by atoms with van der Waals surface area (Å²) >= 11 is 0. The van der Waals surface area contributed by atoms with Crippen molar-refractivity contribution in [3.05, 3.63) is 34.8 Å². The number of nitrogens with one attached hydrogen (secondary N) is 1. The molecule has 1 saturated heterocycles. The predicted octanol–water partition coefficient (Wildman–Crippen LogP) is 1.98. The quantitative estimate of drug-likeness (QED) is 0.897. The summed E-state index contributed by atoms with van der Waals surface area (Å²) < 4.78 is 7.53. The van der Waals surface area contributed by atoms with Crippen LogP contribution >= 0.6 is 0 Å². The van der Waals surface area contributed by atoms with Gasteiger partial charge in [0.2, 0.25) is 0 Å². The van der Waals surface area contributed by atoms with Gasteiger partial charge in [0.05, 0.1) is 12.1 Å². The number of rotatable bonds is 5. The Morgan fingerprint density at radius 3 is 2.52 bits per heavy atom. The van der Waals surface area contributed by atoms with E-state index in [0.717, 1.165) is 56.3 Å². The number of furan rings is 1. The third-order valence-corrected chi connectivity index (χ3v) is 4.94. The molecule has 0 bridgehead atoms. The zero-order valence-electron chi connectivity index (χ0n) is 15.5. The van der Waals surface area contributed by atoms with Crippen LogP contribution in [0.5, 0.6) is 0 Å². The highest BCUT2D eigenvalue weighted by molar-refractivity contribution is 5.95. The van der Waals surface area contributed by atoms with Gasteiger partial charge in [-0.15, -0.1) is 10.2 Å². The van der Waals surface area contributed by atoms with Crippen molar-refractivity contribution in [3.63, 3.8) is 0 Å². The van der Waals surface area contributed by atoms with Gasteiger partial charge in [-0.25, -0.2) is 0 Å². The highest BCUT2D eigenvalue weighted by atomic mass is 16.3. The van der Waals surface area contributed by atoms with Gasteiger partial charge in [0.15, 0.2) is 0 Å². The molecule has 3 rings (SSSR count). The number of carbonyl (C=O) groups excluding carboxylic acids is 1. The van der Waals surface area contributed by atoms with Crippen LogP contribution in [0.4, 0.5) is 0 Å². The maximum Gasteiger partial charge on any atom is 0.255 e. The number of hydrogen-bond donors (Lipinski definition) is 1. The maximum absolute atomic E-state index is 12.4. The molecule has 0 atom stereocenters. The summed E-state index contributed by atoms with van der Waals surface area (Å²) in [5.41, 5.74) is 0.645. The van der Waals surface area contributed by atoms with Crippen molar-refractivity contribution >= 4 is 5.91 Å². The van der Waals surface area contributed by atoms with Crippen molar-refractivity contribution < 1.29 is 9.21 Å². The molecule has 0 unspecified atom stereocenters. The van der Waals surface area contributed by atoms with Gasteiger partial charge in [0.25, 0.3) is 5.91 Å². The van der Waals surface area contributed by atoms with Crippen LogP contribution in [-0.4, -0.2) is 44.7 Å². The molecule has 1 aliphatic rings. The number of nitrogens with zero attached hydrogens (tertiary/aromatic N) is 4. The lowest BCUT2D eigenvalue weighted by Crippen LogP contribution is -2.44. The molecule has 0 radical (unpaired) electrons. The zero-order chi connectivity index (χ0) is 18.0. The van der Waals surface area contributed by atoms with E-state index in [1.165, 1.54) is 0 Å². The number of amides is 1. The van der Waals surface area contributed by atoms with Gasteiger partial charge in [-0.05, 0) is 32.8 Å². The molecule has 136 valence electrons. The number of piperidine rings is 1. The van der Waals surface area contributed by atoms with E-state index < -0.39 is 0 Å². The van der Waals surface area contributed by atoms with Gasteiger partial charge in [-0.1, -0.05) is 6.92 Å². The summed E-state index contributed by atoms with van der Waals surface area (Å²) in [5, 5.41) is 11.6. The minimum absolute atomic E-state index is 0.0336. The van der Waals surface area contributed by atoms with Gasteiger partial charge in [-0.3, -0.25) is 9.69 Å². The Morgan fingerprint density at radius 1 is 1.28 bits per heavy atom. The number of carbonyl (C=O) groups is 1. The highest BCUT2D eigenvalue weighted by Crippen LogP contribution is 2.17. The predicted molar refractivity (Wildman–Crippen MR) is 94.3 cm³/mol. The lowest BCUT2D eigenvalue weighted by molar-refractivity contribution is 0.0906. The molecule has 3 heterocycles. The minimum atomic E-state index is -0.0336. The molecular weight excluding hydrogens is 318 g/mol. The summed E-state index contributed by atoms with van der Waals surface area (Å²) in [6.07, 6.45) is 2.78. The van der Waals surface area contributed by atoms with Crippen molar-refractivity contribution in [2.75, 3.05) is 13.1 Å². The van der Waals surface area contributed by atoms with Crippen LogP contribution < -0.4 is 5.32 Å². The summed E-state index contributed by atoms with van der Waals surface area (Å²) in [5.74, 6) is 3.44. The van der Waals surface area contributed by atoms with Gasteiger partial charge in [-0.2, -0.15) is 0 Å². The average molecular weight is 345 g/mol. The van der Waals surface area contributed by atoms with Crippen LogP contribution in [-0.2, 0) is 20.0 Å². The normalized spacial score (nSPS) is 16.3. The monoisotopic (exact) mass is 345 g/mol. The smallest absolute Gasteiger partial charge is 0.255 e. The average Bonchev–Trinajstić information content (AvgIpc) is 3.11. The lowest BCUT2D eigenvalue weighted by atomic mass is 10.0. The first-order valence-corrected chi connectivity index (χ1v) is 8.95. The fourth-order valence-corrected chi connectivity index (χ4v) is 3.40. The summed E-state index contributed by atoms with van der Waals surface area (Å²) in [7, 11) is 2.02. The van der Waals surface area contributed by atoms with E-state index in [4.69, 9.17) is 4.42 Å². The number of aryl methyl sites for hydroxylation is 3.